The standard InChI is InChI=1S/C23H24N4O2/c1-28-18-5-2-15(12-18)13-23-25-21-9-8-19(14-22(21)26-23)29-17-6-3-16(4-7-17)20-10-11-24-27-20/h3-4,6-11,14-15,18H,2,5,12-13H2,1H3,(H,24,27)(H,25,26)/t15?,18-/m0/s1. The van der Waals surface area contributed by atoms with Crippen LogP contribution in [0, 0.1) is 5.92 Å². The van der Waals surface area contributed by atoms with Crippen molar-refractivity contribution in [2.24, 2.45) is 5.92 Å². The number of nitrogens with one attached hydrogen (secondary N) is 2. The van der Waals surface area contributed by atoms with Crippen molar-refractivity contribution in [3.05, 3.63) is 60.6 Å². The van der Waals surface area contributed by atoms with Crippen molar-refractivity contribution in [2.75, 3.05) is 7.11 Å². The van der Waals surface area contributed by atoms with E-state index in [0.717, 1.165) is 58.9 Å². The van der Waals surface area contributed by atoms with Crippen molar-refractivity contribution in [2.45, 2.75) is 31.8 Å². The van der Waals surface area contributed by atoms with Crippen LogP contribution in [-0.2, 0) is 11.2 Å². The van der Waals surface area contributed by atoms with Crippen molar-refractivity contribution >= 4 is 11.0 Å². The number of hydrogen-bond donors (Lipinski definition) is 2. The zero-order valence-electron chi connectivity index (χ0n) is 16.4. The van der Waals surface area contributed by atoms with Gasteiger partial charge in [0.2, 0.25) is 0 Å². The number of rotatable bonds is 6. The molecule has 1 saturated carbocycles. The van der Waals surface area contributed by atoms with Crippen LogP contribution in [0.25, 0.3) is 22.3 Å². The number of imidazole rings is 1. The Morgan fingerprint density at radius 3 is 2.66 bits per heavy atom. The molecule has 0 aliphatic heterocycles. The van der Waals surface area contributed by atoms with Gasteiger partial charge in [0.1, 0.15) is 17.3 Å². The number of methoxy groups -OCH3 is 1. The van der Waals surface area contributed by atoms with Crippen molar-refractivity contribution in [3.8, 4) is 22.8 Å². The fourth-order valence-electron chi connectivity index (χ4n) is 4.16. The van der Waals surface area contributed by atoms with Crippen LogP contribution in [-0.4, -0.2) is 33.4 Å². The van der Waals surface area contributed by atoms with Gasteiger partial charge in [0.15, 0.2) is 0 Å². The molecule has 4 aromatic rings. The van der Waals surface area contributed by atoms with Gasteiger partial charge in [-0.05, 0) is 73.2 Å². The summed E-state index contributed by atoms with van der Waals surface area (Å²) < 4.78 is 11.5. The van der Waals surface area contributed by atoms with E-state index in [1.807, 2.05) is 48.5 Å². The van der Waals surface area contributed by atoms with Gasteiger partial charge in [-0.2, -0.15) is 5.10 Å². The second-order valence-corrected chi connectivity index (χ2v) is 7.70. The van der Waals surface area contributed by atoms with Gasteiger partial charge in [-0.25, -0.2) is 4.98 Å². The molecule has 0 bridgehead atoms. The highest BCUT2D eigenvalue weighted by Crippen LogP contribution is 2.31. The third-order valence-corrected chi connectivity index (χ3v) is 5.71. The molecule has 2 aromatic carbocycles. The van der Waals surface area contributed by atoms with Crippen LogP contribution in [0.3, 0.4) is 0 Å². The zero-order valence-corrected chi connectivity index (χ0v) is 16.4. The molecule has 1 aliphatic carbocycles. The van der Waals surface area contributed by atoms with Crippen molar-refractivity contribution < 1.29 is 9.47 Å². The lowest BCUT2D eigenvalue weighted by Gasteiger charge is -2.08. The number of aromatic nitrogens is 4. The molecular weight excluding hydrogens is 364 g/mol. The maximum Gasteiger partial charge on any atom is 0.129 e. The molecule has 1 aliphatic rings. The number of H-pyrrole nitrogens is 2. The summed E-state index contributed by atoms with van der Waals surface area (Å²) >= 11 is 0. The lowest BCUT2D eigenvalue weighted by atomic mass is 10.0. The predicted octanol–water partition coefficient (Wildman–Crippen LogP) is 5.10. The SMILES string of the molecule is CO[C@H]1CCC(Cc2nc3ccc(Oc4ccc(-c5ccn[nH]5)cc4)cc3[nH]2)C1. The fourth-order valence-corrected chi connectivity index (χ4v) is 4.16. The summed E-state index contributed by atoms with van der Waals surface area (Å²) in [6.45, 7) is 0. The molecule has 2 aromatic heterocycles. The molecule has 0 radical (unpaired) electrons. The summed E-state index contributed by atoms with van der Waals surface area (Å²) in [4.78, 5) is 8.22. The molecule has 0 saturated heterocycles. The molecule has 29 heavy (non-hydrogen) atoms. The Kier molecular flexibility index (Phi) is 4.77. The van der Waals surface area contributed by atoms with Crippen molar-refractivity contribution in [3.63, 3.8) is 0 Å². The number of hydrogen-bond acceptors (Lipinski definition) is 4. The maximum absolute atomic E-state index is 6.04. The molecule has 6 heteroatoms. The number of nitrogens with zero attached hydrogens (tertiary/aromatic N) is 2. The number of ether oxygens (including phenoxy) is 2. The number of benzene rings is 2. The minimum Gasteiger partial charge on any atom is -0.457 e. The highest BCUT2D eigenvalue weighted by molar-refractivity contribution is 5.77. The molecule has 0 spiro atoms. The lowest BCUT2D eigenvalue weighted by molar-refractivity contribution is 0.105. The summed E-state index contributed by atoms with van der Waals surface area (Å²) in [6, 6.07) is 15.9. The highest BCUT2D eigenvalue weighted by Gasteiger charge is 2.25. The summed E-state index contributed by atoms with van der Waals surface area (Å²) in [5.74, 6) is 3.28. The van der Waals surface area contributed by atoms with Crippen LogP contribution in [0.15, 0.2) is 54.7 Å². The molecule has 1 fully saturated rings. The quantitative estimate of drug-likeness (QED) is 0.482. The molecular formula is C23H24N4O2. The Labute approximate surface area is 169 Å². The highest BCUT2D eigenvalue weighted by atomic mass is 16.5. The first kappa shape index (κ1) is 17.9. The van der Waals surface area contributed by atoms with Crippen LogP contribution >= 0.6 is 0 Å². The van der Waals surface area contributed by atoms with Crippen LogP contribution < -0.4 is 4.74 Å². The van der Waals surface area contributed by atoms with Gasteiger partial charge in [0, 0.05) is 25.8 Å². The Hall–Kier alpha value is -3.12. The maximum atomic E-state index is 6.04. The van der Waals surface area contributed by atoms with E-state index in [2.05, 4.69) is 15.2 Å². The molecule has 2 heterocycles. The van der Waals surface area contributed by atoms with Crippen LogP contribution in [0.5, 0.6) is 11.5 Å². The van der Waals surface area contributed by atoms with Gasteiger partial charge in [-0.3, -0.25) is 5.10 Å². The summed E-state index contributed by atoms with van der Waals surface area (Å²) in [5, 5.41) is 6.96. The largest absolute Gasteiger partial charge is 0.457 e. The van der Waals surface area contributed by atoms with Gasteiger partial charge in [0.05, 0.1) is 22.8 Å². The molecule has 148 valence electrons. The van der Waals surface area contributed by atoms with Gasteiger partial charge in [-0.1, -0.05) is 0 Å². The Morgan fingerprint density at radius 1 is 1.03 bits per heavy atom. The molecule has 5 rings (SSSR count). The average Bonchev–Trinajstić information content (AvgIpc) is 3.49. The topological polar surface area (TPSA) is 75.8 Å². The van der Waals surface area contributed by atoms with Crippen LogP contribution in [0.2, 0.25) is 0 Å². The molecule has 2 atom stereocenters. The summed E-state index contributed by atoms with van der Waals surface area (Å²) in [5.41, 5.74) is 4.05. The first-order valence-electron chi connectivity index (χ1n) is 10.1. The third-order valence-electron chi connectivity index (χ3n) is 5.71. The smallest absolute Gasteiger partial charge is 0.129 e. The predicted molar refractivity (Wildman–Crippen MR) is 112 cm³/mol. The van der Waals surface area contributed by atoms with Crippen molar-refractivity contribution in [1.29, 1.82) is 0 Å². The lowest BCUT2D eigenvalue weighted by Crippen LogP contribution is -2.06. The first-order chi connectivity index (χ1) is 14.3. The van der Waals surface area contributed by atoms with Gasteiger partial charge >= 0.3 is 0 Å². The number of aromatic amines is 2. The van der Waals surface area contributed by atoms with E-state index in [4.69, 9.17) is 14.5 Å². The van der Waals surface area contributed by atoms with Crippen LogP contribution in [0.4, 0.5) is 0 Å². The van der Waals surface area contributed by atoms with E-state index in [1.165, 1.54) is 6.42 Å². The average molecular weight is 388 g/mol. The van der Waals surface area contributed by atoms with E-state index in [1.54, 1.807) is 13.3 Å². The third kappa shape index (κ3) is 3.89. The molecule has 0 amide bonds. The Morgan fingerprint density at radius 2 is 1.90 bits per heavy atom. The fraction of sp³-hybridized carbons (Fsp3) is 0.304. The number of fused-ring (bicyclic) bond motifs is 1. The minimum absolute atomic E-state index is 0.407. The Balaban J connectivity index is 1.28. The van der Waals surface area contributed by atoms with Crippen molar-refractivity contribution in [1.82, 2.24) is 20.2 Å². The van der Waals surface area contributed by atoms with E-state index >= 15 is 0 Å². The second kappa shape index (κ2) is 7.72. The minimum atomic E-state index is 0.407. The van der Waals surface area contributed by atoms with Gasteiger partial charge in [0.25, 0.3) is 0 Å². The van der Waals surface area contributed by atoms with Gasteiger partial charge < -0.3 is 14.5 Å². The van der Waals surface area contributed by atoms with Gasteiger partial charge in [-0.15, -0.1) is 0 Å². The van der Waals surface area contributed by atoms with E-state index in [-0.39, 0.29) is 0 Å². The second-order valence-electron chi connectivity index (χ2n) is 7.70. The zero-order chi connectivity index (χ0) is 19.6. The molecule has 6 nitrogen and oxygen atoms in total. The normalized spacial score (nSPS) is 19.1. The first-order valence-corrected chi connectivity index (χ1v) is 10.1. The summed E-state index contributed by atoms with van der Waals surface area (Å²) in [7, 11) is 1.81. The molecule has 1 unspecified atom stereocenters. The monoisotopic (exact) mass is 388 g/mol. The molecule has 2 N–H and O–H groups in total. The van der Waals surface area contributed by atoms with E-state index < -0.39 is 0 Å². The van der Waals surface area contributed by atoms with E-state index in [0.29, 0.717) is 12.0 Å². The van der Waals surface area contributed by atoms with E-state index in [9.17, 15) is 0 Å². The van der Waals surface area contributed by atoms with Crippen LogP contribution in [0.1, 0.15) is 25.1 Å². The Bertz CT molecular complexity index is 1090. The summed E-state index contributed by atoms with van der Waals surface area (Å²) in [6.07, 6.45) is 6.60.